The third kappa shape index (κ3) is 44.5. The van der Waals surface area contributed by atoms with Gasteiger partial charge in [0, 0.05) is 12.8 Å². The zero-order chi connectivity index (χ0) is 38.0. The Bertz CT molecular complexity index is 743. The molecule has 0 saturated heterocycles. The van der Waals surface area contributed by atoms with Gasteiger partial charge in [-0.2, -0.15) is 0 Å². The van der Waals surface area contributed by atoms with E-state index >= 15 is 0 Å². The second kappa shape index (κ2) is 42.1. The van der Waals surface area contributed by atoms with Crippen molar-refractivity contribution >= 4 is 11.9 Å². The number of allylic oxidation sites excluding steroid dienone is 2. The van der Waals surface area contributed by atoms with Gasteiger partial charge < -0.3 is 20.4 Å². The van der Waals surface area contributed by atoms with Gasteiger partial charge in [-0.05, 0) is 64.2 Å². The molecule has 0 spiro atoms. The molecular formula is C46H86O6. The summed E-state index contributed by atoms with van der Waals surface area (Å²) >= 11 is 0. The van der Waals surface area contributed by atoms with Gasteiger partial charge in [-0.1, -0.05) is 191 Å². The Hall–Kier alpha value is -1.66. The van der Waals surface area contributed by atoms with Crippen molar-refractivity contribution in [3.63, 3.8) is 0 Å². The van der Waals surface area contributed by atoms with Gasteiger partial charge in [-0.15, -0.1) is 0 Å². The number of unbranched alkanes of at least 4 members (excludes halogenated alkanes) is 29. The van der Waals surface area contributed by atoms with E-state index in [4.69, 9.17) is 10.2 Å². The molecule has 0 aromatic rings. The zero-order valence-corrected chi connectivity index (χ0v) is 33.9. The van der Waals surface area contributed by atoms with Crippen molar-refractivity contribution in [1.29, 1.82) is 0 Å². The maximum absolute atomic E-state index is 10.5. The van der Waals surface area contributed by atoms with Crippen LogP contribution in [0, 0.1) is 0 Å². The normalized spacial score (nSPS) is 13.0. The van der Waals surface area contributed by atoms with Crippen LogP contribution < -0.4 is 0 Å². The first kappa shape index (κ1) is 50.3. The summed E-state index contributed by atoms with van der Waals surface area (Å²) in [5.41, 5.74) is 0. The Kier molecular flexibility index (Phi) is 40.7. The van der Waals surface area contributed by atoms with Crippen LogP contribution in [0.5, 0.6) is 0 Å². The second-order valence-corrected chi connectivity index (χ2v) is 15.8. The van der Waals surface area contributed by atoms with Crippen LogP contribution in [0.2, 0.25) is 0 Å². The lowest BCUT2D eigenvalue weighted by Crippen LogP contribution is -2.04. The van der Waals surface area contributed by atoms with Gasteiger partial charge in [0.05, 0.1) is 12.2 Å². The molecular weight excluding hydrogens is 649 g/mol. The number of aliphatic carboxylic acids is 2. The van der Waals surface area contributed by atoms with Crippen molar-refractivity contribution in [2.75, 3.05) is 0 Å². The first-order valence-electron chi connectivity index (χ1n) is 22.5. The van der Waals surface area contributed by atoms with Gasteiger partial charge in [0.1, 0.15) is 0 Å². The van der Waals surface area contributed by atoms with E-state index in [0.29, 0.717) is 12.8 Å². The number of carboxylic acid groups (broad SMARTS) is 2. The lowest BCUT2D eigenvalue weighted by molar-refractivity contribution is -0.138. The third-order valence-corrected chi connectivity index (χ3v) is 10.5. The summed E-state index contributed by atoms with van der Waals surface area (Å²) in [6.07, 6.45) is 51.7. The molecule has 52 heavy (non-hydrogen) atoms. The van der Waals surface area contributed by atoms with E-state index in [9.17, 15) is 19.8 Å². The zero-order valence-electron chi connectivity index (χ0n) is 33.9. The number of aliphatic hydroxyl groups is 2. The summed E-state index contributed by atoms with van der Waals surface area (Å²) in [7, 11) is 0. The number of aliphatic hydroxyl groups excluding tert-OH is 2. The maximum atomic E-state index is 10.5. The maximum Gasteiger partial charge on any atom is 0.303 e. The van der Waals surface area contributed by atoms with Crippen molar-refractivity contribution in [3.8, 4) is 0 Å². The summed E-state index contributed by atoms with van der Waals surface area (Å²) in [5.74, 6) is -1.38. The van der Waals surface area contributed by atoms with Crippen LogP contribution >= 0.6 is 0 Å². The molecule has 4 N–H and O–H groups in total. The Morgan fingerprint density at radius 1 is 0.327 bits per heavy atom. The minimum absolute atomic E-state index is 0.196. The molecule has 0 amide bonds. The van der Waals surface area contributed by atoms with Gasteiger partial charge >= 0.3 is 11.9 Å². The van der Waals surface area contributed by atoms with Gasteiger partial charge in [-0.25, -0.2) is 0 Å². The fourth-order valence-electron chi connectivity index (χ4n) is 7.06. The molecule has 0 aliphatic rings. The van der Waals surface area contributed by atoms with E-state index in [-0.39, 0.29) is 12.2 Å². The molecule has 306 valence electrons. The largest absolute Gasteiger partial charge is 0.481 e. The molecule has 0 fully saturated rings. The molecule has 0 heterocycles. The molecule has 0 radical (unpaired) electrons. The van der Waals surface area contributed by atoms with Crippen molar-refractivity contribution in [1.82, 2.24) is 0 Å². The average molecular weight is 735 g/mol. The van der Waals surface area contributed by atoms with Crippen molar-refractivity contribution in [3.05, 3.63) is 24.3 Å². The smallest absolute Gasteiger partial charge is 0.303 e. The van der Waals surface area contributed by atoms with Gasteiger partial charge in [0.25, 0.3) is 0 Å². The highest BCUT2D eigenvalue weighted by atomic mass is 16.4. The molecule has 0 aliphatic carbocycles. The lowest BCUT2D eigenvalue weighted by atomic mass is 10.0. The lowest BCUT2D eigenvalue weighted by Gasteiger charge is -2.08. The summed E-state index contributed by atoms with van der Waals surface area (Å²) in [5, 5.41) is 37.7. The number of rotatable bonds is 43. The summed E-state index contributed by atoms with van der Waals surface area (Å²) < 4.78 is 0. The Labute approximate surface area is 321 Å². The third-order valence-electron chi connectivity index (χ3n) is 10.5. The van der Waals surface area contributed by atoms with Crippen LogP contribution in [0.4, 0.5) is 0 Å². The minimum atomic E-state index is -0.690. The summed E-state index contributed by atoms with van der Waals surface area (Å²) in [6.45, 7) is 0. The van der Waals surface area contributed by atoms with Crippen LogP contribution in [0.25, 0.3) is 0 Å². The molecule has 0 unspecified atom stereocenters. The van der Waals surface area contributed by atoms with Crippen LogP contribution in [-0.2, 0) is 9.59 Å². The standard InChI is InChI=1S/C46H86O6/c47-43(39-33-27-21-15-17-23-29-35-41-45(49)50)37-31-25-19-13-11-9-7-5-3-1-2-4-6-8-10-12-14-20-26-32-38-44(48)40-34-28-22-16-18-24-30-36-42-46(51)52/h27-28,33-34,43-44,47-48H,1-26,29-32,35-42H2,(H,49,50)(H,51,52)/t43-,44-/m1/s1. The molecule has 0 aliphatic heterocycles. The Balaban J connectivity index is 3.25. The molecule has 2 atom stereocenters. The van der Waals surface area contributed by atoms with Crippen molar-refractivity contribution in [2.24, 2.45) is 0 Å². The van der Waals surface area contributed by atoms with Crippen molar-refractivity contribution < 1.29 is 30.0 Å². The monoisotopic (exact) mass is 735 g/mol. The van der Waals surface area contributed by atoms with Crippen LogP contribution in [0.3, 0.4) is 0 Å². The number of hydrogen-bond acceptors (Lipinski definition) is 4. The SMILES string of the molecule is O=C(O)CCCCCCCC=CC[C@H](O)CCCCCCCCCCCCCCCCCCCCCC[C@@H](O)CC=CCCCCCCCC(=O)O. The first-order valence-corrected chi connectivity index (χ1v) is 22.5. The first-order chi connectivity index (χ1) is 25.4. The highest BCUT2D eigenvalue weighted by Crippen LogP contribution is 2.17. The molecule has 0 bridgehead atoms. The molecule has 6 nitrogen and oxygen atoms in total. The average Bonchev–Trinajstić information content (AvgIpc) is 3.11. The molecule has 0 saturated carbocycles. The number of carboxylic acids is 2. The topological polar surface area (TPSA) is 115 Å². The molecule has 0 aromatic carbocycles. The predicted octanol–water partition coefficient (Wildman–Crippen LogP) is 13.8. The number of carbonyl (C=O) groups is 2. The second-order valence-electron chi connectivity index (χ2n) is 15.8. The Morgan fingerprint density at radius 2 is 0.558 bits per heavy atom. The predicted molar refractivity (Wildman–Crippen MR) is 221 cm³/mol. The van der Waals surface area contributed by atoms with E-state index in [0.717, 1.165) is 116 Å². The van der Waals surface area contributed by atoms with Crippen LogP contribution in [-0.4, -0.2) is 44.6 Å². The van der Waals surface area contributed by atoms with Crippen molar-refractivity contribution in [2.45, 2.75) is 256 Å². The van der Waals surface area contributed by atoms with Gasteiger partial charge in [0.2, 0.25) is 0 Å². The van der Waals surface area contributed by atoms with Crippen LogP contribution in [0.15, 0.2) is 24.3 Å². The molecule has 0 rings (SSSR count). The molecule has 0 aromatic heterocycles. The van der Waals surface area contributed by atoms with Crippen LogP contribution in [0.1, 0.15) is 244 Å². The minimum Gasteiger partial charge on any atom is -0.481 e. The fourth-order valence-corrected chi connectivity index (χ4v) is 7.06. The van der Waals surface area contributed by atoms with E-state index in [1.807, 2.05) is 0 Å². The summed E-state index contributed by atoms with van der Waals surface area (Å²) in [4.78, 5) is 21.0. The molecule has 6 heteroatoms. The summed E-state index contributed by atoms with van der Waals surface area (Å²) in [6, 6.07) is 0. The van der Waals surface area contributed by atoms with E-state index in [1.54, 1.807) is 0 Å². The Morgan fingerprint density at radius 3 is 0.827 bits per heavy atom. The van der Waals surface area contributed by atoms with Gasteiger partial charge in [0.15, 0.2) is 0 Å². The highest BCUT2D eigenvalue weighted by Gasteiger charge is 2.03. The van der Waals surface area contributed by atoms with Gasteiger partial charge in [-0.3, -0.25) is 9.59 Å². The quantitative estimate of drug-likeness (QED) is 0.0366. The number of hydrogen-bond donors (Lipinski definition) is 4. The van der Waals surface area contributed by atoms with E-state index < -0.39 is 11.9 Å². The highest BCUT2D eigenvalue weighted by molar-refractivity contribution is 5.66. The van der Waals surface area contributed by atoms with E-state index in [1.165, 1.54) is 116 Å². The fraction of sp³-hybridized carbons (Fsp3) is 0.870. The van der Waals surface area contributed by atoms with E-state index in [2.05, 4.69) is 24.3 Å².